The third-order valence-electron chi connectivity index (χ3n) is 3.33. The molecule has 0 aromatic heterocycles. The van der Waals surface area contributed by atoms with Crippen LogP contribution in [0.25, 0.3) is 0 Å². The van der Waals surface area contributed by atoms with Crippen LogP contribution in [0.3, 0.4) is 0 Å². The first-order chi connectivity index (χ1) is 8.91. The Morgan fingerprint density at radius 2 is 1.22 bits per heavy atom. The molecule has 0 aliphatic heterocycles. The minimum atomic E-state index is 1.28. The Morgan fingerprint density at radius 3 is 1.83 bits per heavy atom. The van der Waals surface area contributed by atoms with Crippen LogP contribution in [0.1, 0.15) is 90.9 Å². The van der Waals surface area contributed by atoms with Crippen molar-refractivity contribution >= 4 is 8.58 Å². The van der Waals surface area contributed by atoms with Gasteiger partial charge in [0.2, 0.25) is 0 Å². The number of rotatable bonds is 14. The van der Waals surface area contributed by atoms with Crippen LogP contribution in [0.15, 0.2) is 11.9 Å². The Balaban J connectivity index is 2.96. The van der Waals surface area contributed by atoms with Gasteiger partial charge in [-0.15, -0.1) is 0 Å². The van der Waals surface area contributed by atoms with Crippen molar-refractivity contribution in [3.8, 4) is 0 Å². The summed E-state index contributed by atoms with van der Waals surface area (Å²) in [5, 5.41) is 0. The molecule has 0 amide bonds. The second-order valence-electron chi connectivity index (χ2n) is 5.26. The quantitative estimate of drug-likeness (QED) is 0.232. The third kappa shape index (κ3) is 16.2. The van der Waals surface area contributed by atoms with Gasteiger partial charge in [0.05, 0.1) is 0 Å². The molecular formula is C17H34P. The maximum Gasteiger partial charge on any atom is -0.0250 e. The zero-order valence-corrected chi connectivity index (χ0v) is 13.7. The number of allylic oxidation sites excluding steroid dienone is 1. The second kappa shape index (κ2) is 17.2. The molecule has 0 aliphatic carbocycles. The molecule has 0 aliphatic rings. The standard InChI is InChI=1S/C17H34P/c1-3-5-7-9-10-11-12-13-15-17-18-16-14-8-6-4-2/h14,16H,3-13,15,17H2,1-2H3. The molecule has 0 spiro atoms. The van der Waals surface area contributed by atoms with Gasteiger partial charge in [-0.2, -0.15) is 0 Å². The first-order valence-corrected chi connectivity index (χ1v) is 9.38. The number of unbranched alkanes of at least 4 members (excludes halogenated alkanes) is 10. The first-order valence-electron chi connectivity index (χ1n) is 8.23. The molecule has 0 aromatic rings. The first kappa shape index (κ1) is 18.2. The molecule has 18 heavy (non-hydrogen) atoms. The Labute approximate surface area is 118 Å². The summed E-state index contributed by atoms with van der Waals surface area (Å²) in [5.74, 6) is 2.36. The highest BCUT2D eigenvalue weighted by Gasteiger charge is 1.91. The molecule has 1 radical (unpaired) electrons. The van der Waals surface area contributed by atoms with E-state index in [1.165, 1.54) is 91.8 Å². The highest BCUT2D eigenvalue weighted by molar-refractivity contribution is 7.41. The van der Waals surface area contributed by atoms with Crippen LogP contribution >= 0.6 is 8.58 Å². The van der Waals surface area contributed by atoms with Gasteiger partial charge in [0.1, 0.15) is 0 Å². The highest BCUT2D eigenvalue weighted by Crippen LogP contribution is 2.17. The third-order valence-corrected chi connectivity index (χ3v) is 4.32. The van der Waals surface area contributed by atoms with E-state index in [2.05, 4.69) is 25.7 Å². The average molecular weight is 269 g/mol. The van der Waals surface area contributed by atoms with Crippen LogP contribution in [-0.2, 0) is 0 Å². The summed E-state index contributed by atoms with van der Waals surface area (Å²) in [4.78, 5) is 0. The second-order valence-corrected chi connectivity index (χ2v) is 6.37. The predicted octanol–water partition coefficient (Wildman–Crippen LogP) is 7.17. The van der Waals surface area contributed by atoms with Crippen molar-refractivity contribution in [1.29, 1.82) is 0 Å². The molecule has 0 bridgehead atoms. The minimum Gasteiger partial charge on any atom is -0.0837 e. The lowest BCUT2D eigenvalue weighted by Gasteiger charge is -2.01. The average Bonchev–Trinajstić information content (AvgIpc) is 2.39. The molecule has 0 saturated carbocycles. The van der Waals surface area contributed by atoms with Gasteiger partial charge in [-0.25, -0.2) is 0 Å². The number of hydrogen-bond donors (Lipinski definition) is 0. The predicted molar refractivity (Wildman–Crippen MR) is 87.7 cm³/mol. The van der Waals surface area contributed by atoms with E-state index in [0.717, 1.165) is 0 Å². The van der Waals surface area contributed by atoms with Crippen LogP contribution in [0.2, 0.25) is 0 Å². The fraction of sp³-hybridized carbons (Fsp3) is 0.882. The monoisotopic (exact) mass is 269 g/mol. The van der Waals surface area contributed by atoms with Gasteiger partial charge in [-0.1, -0.05) is 98.5 Å². The zero-order chi connectivity index (χ0) is 13.3. The lowest BCUT2D eigenvalue weighted by Crippen LogP contribution is -1.82. The lowest BCUT2D eigenvalue weighted by molar-refractivity contribution is 0.573. The molecule has 0 saturated heterocycles. The molecule has 0 nitrogen and oxygen atoms in total. The smallest absolute Gasteiger partial charge is 0.0250 e. The minimum absolute atomic E-state index is 1.28. The molecule has 0 atom stereocenters. The summed E-state index contributed by atoms with van der Waals surface area (Å²) in [7, 11) is 1.54. The van der Waals surface area contributed by atoms with Gasteiger partial charge in [-0.3, -0.25) is 0 Å². The molecule has 0 fully saturated rings. The molecule has 1 heteroatoms. The van der Waals surface area contributed by atoms with E-state index < -0.39 is 0 Å². The zero-order valence-electron chi connectivity index (χ0n) is 12.8. The Hall–Kier alpha value is 0.170. The number of hydrogen-bond acceptors (Lipinski definition) is 0. The van der Waals surface area contributed by atoms with Crippen LogP contribution < -0.4 is 0 Å². The van der Waals surface area contributed by atoms with E-state index in [9.17, 15) is 0 Å². The summed E-state index contributed by atoms with van der Waals surface area (Å²) >= 11 is 0. The molecule has 107 valence electrons. The summed E-state index contributed by atoms with van der Waals surface area (Å²) < 4.78 is 0. The van der Waals surface area contributed by atoms with E-state index in [4.69, 9.17) is 0 Å². The van der Waals surface area contributed by atoms with Gasteiger partial charge in [0, 0.05) is 0 Å². The fourth-order valence-corrected chi connectivity index (χ4v) is 2.91. The summed E-state index contributed by atoms with van der Waals surface area (Å²) in [6.45, 7) is 4.55. The van der Waals surface area contributed by atoms with Gasteiger partial charge in [0.25, 0.3) is 0 Å². The van der Waals surface area contributed by atoms with Crippen LogP contribution in [-0.4, -0.2) is 6.16 Å². The normalized spacial score (nSPS) is 12.1. The summed E-state index contributed by atoms with van der Waals surface area (Å²) in [5.41, 5.74) is 0. The molecular weight excluding hydrogens is 235 g/mol. The van der Waals surface area contributed by atoms with E-state index in [-0.39, 0.29) is 0 Å². The molecule has 0 N–H and O–H groups in total. The van der Waals surface area contributed by atoms with Crippen LogP contribution in [0.4, 0.5) is 0 Å². The van der Waals surface area contributed by atoms with E-state index in [1.54, 1.807) is 0 Å². The summed E-state index contributed by atoms with van der Waals surface area (Å²) in [6.07, 6.45) is 20.7. The van der Waals surface area contributed by atoms with E-state index in [0.29, 0.717) is 0 Å². The Bertz CT molecular complexity index is 163. The van der Waals surface area contributed by atoms with E-state index in [1.807, 2.05) is 0 Å². The van der Waals surface area contributed by atoms with Crippen molar-refractivity contribution in [2.24, 2.45) is 0 Å². The highest BCUT2D eigenvalue weighted by atomic mass is 31.1. The maximum absolute atomic E-state index is 2.36. The van der Waals surface area contributed by atoms with Crippen molar-refractivity contribution in [3.05, 3.63) is 11.9 Å². The fourth-order valence-electron chi connectivity index (χ4n) is 2.06. The Morgan fingerprint density at radius 1 is 0.667 bits per heavy atom. The summed E-state index contributed by atoms with van der Waals surface area (Å²) in [6, 6.07) is 0. The van der Waals surface area contributed by atoms with Crippen LogP contribution in [0, 0.1) is 0 Å². The van der Waals surface area contributed by atoms with Crippen molar-refractivity contribution < 1.29 is 0 Å². The van der Waals surface area contributed by atoms with Gasteiger partial charge < -0.3 is 0 Å². The molecule has 0 heterocycles. The van der Waals surface area contributed by atoms with Crippen LogP contribution in [0.5, 0.6) is 0 Å². The topological polar surface area (TPSA) is 0 Å². The lowest BCUT2D eigenvalue weighted by atomic mass is 10.1. The SMILES string of the molecule is CCCCC=C[P]CCCCCCCCCCC. The van der Waals surface area contributed by atoms with Crippen molar-refractivity contribution in [2.75, 3.05) is 6.16 Å². The Kier molecular flexibility index (Phi) is 17.3. The van der Waals surface area contributed by atoms with Crippen molar-refractivity contribution in [3.63, 3.8) is 0 Å². The van der Waals surface area contributed by atoms with Crippen molar-refractivity contribution in [2.45, 2.75) is 90.9 Å². The van der Waals surface area contributed by atoms with Gasteiger partial charge in [0.15, 0.2) is 0 Å². The van der Waals surface area contributed by atoms with Crippen molar-refractivity contribution in [1.82, 2.24) is 0 Å². The molecule has 0 rings (SSSR count). The van der Waals surface area contributed by atoms with Gasteiger partial charge >= 0.3 is 0 Å². The molecule has 0 unspecified atom stereocenters. The largest absolute Gasteiger partial charge is 0.0837 e. The van der Waals surface area contributed by atoms with Gasteiger partial charge in [-0.05, 0) is 19.0 Å². The van der Waals surface area contributed by atoms with E-state index >= 15 is 0 Å². The molecule has 0 aromatic carbocycles. The maximum atomic E-state index is 2.36.